The Labute approximate surface area is 204 Å². The molecule has 7 nitrogen and oxygen atoms in total. The SMILES string of the molecule is CC(C)C[C@@H](O)C(=O)N[C@@H](C(=O)NCc1ccc(N)nc1)C(C1CCCCC1)C1CCCCC1. The highest BCUT2D eigenvalue weighted by atomic mass is 16.3. The van der Waals surface area contributed by atoms with Gasteiger partial charge in [-0.05, 0) is 41.7 Å². The van der Waals surface area contributed by atoms with Crippen LogP contribution >= 0.6 is 0 Å². The number of hydrogen-bond acceptors (Lipinski definition) is 5. The van der Waals surface area contributed by atoms with Crippen molar-refractivity contribution < 1.29 is 14.7 Å². The van der Waals surface area contributed by atoms with Crippen LogP contribution in [0.4, 0.5) is 5.82 Å². The number of nitrogens with zero attached hydrogens (tertiary/aromatic N) is 1. The van der Waals surface area contributed by atoms with Crippen LogP contribution in [0.2, 0.25) is 0 Å². The zero-order chi connectivity index (χ0) is 24.5. The molecule has 0 aliphatic heterocycles. The Kier molecular flexibility index (Phi) is 10.2. The summed E-state index contributed by atoms with van der Waals surface area (Å²) in [6.45, 7) is 4.29. The standard InChI is InChI=1S/C27H44N4O3/c1-18(2)15-22(32)26(33)31-25(27(34)30-17-19-13-14-23(28)29-16-19)24(20-9-5-3-6-10-20)21-11-7-4-8-12-21/h13-14,16,18,20-22,24-25,32H,3-12,15,17H2,1-2H3,(H2,28,29)(H,30,34)(H,31,33)/t22-,25-/m1/s1. The van der Waals surface area contributed by atoms with Gasteiger partial charge in [-0.2, -0.15) is 0 Å². The summed E-state index contributed by atoms with van der Waals surface area (Å²) < 4.78 is 0. The molecule has 2 aliphatic carbocycles. The third kappa shape index (κ3) is 7.69. The summed E-state index contributed by atoms with van der Waals surface area (Å²) in [4.78, 5) is 30.8. The monoisotopic (exact) mass is 472 g/mol. The molecular formula is C27H44N4O3. The molecule has 1 aromatic heterocycles. The number of hydrogen-bond donors (Lipinski definition) is 4. The van der Waals surface area contributed by atoms with Crippen molar-refractivity contribution in [2.75, 3.05) is 5.73 Å². The Morgan fingerprint density at radius 3 is 2.09 bits per heavy atom. The molecule has 2 amide bonds. The van der Waals surface area contributed by atoms with E-state index in [4.69, 9.17) is 5.73 Å². The quantitative estimate of drug-likeness (QED) is 0.411. The summed E-state index contributed by atoms with van der Waals surface area (Å²) in [5, 5.41) is 16.6. The minimum atomic E-state index is -1.10. The van der Waals surface area contributed by atoms with Gasteiger partial charge < -0.3 is 21.5 Å². The van der Waals surface area contributed by atoms with E-state index in [2.05, 4.69) is 15.6 Å². The number of carbonyl (C=O) groups excluding carboxylic acids is 2. The van der Waals surface area contributed by atoms with E-state index >= 15 is 0 Å². The Morgan fingerprint density at radius 1 is 1.00 bits per heavy atom. The Morgan fingerprint density at radius 2 is 1.59 bits per heavy atom. The number of pyridine rings is 1. The predicted molar refractivity (Wildman–Crippen MR) is 135 cm³/mol. The van der Waals surface area contributed by atoms with Crippen LogP contribution in [0.3, 0.4) is 0 Å². The van der Waals surface area contributed by atoms with Crippen molar-refractivity contribution >= 4 is 17.6 Å². The summed E-state index contributed by atoms with van der Waals surface area (Å²) in [5.41, 5.74) is 6.54. The molecule has 3 rings (SSSR count). The highest BCUT2D eigenvalue weighted by molar-refractivity contribution is 5.89. The van der Waals surface area contributed by atoms with Crippen LogP contribution in [-0.4, -0.2) is 34.1 Å². The van der Waals surface area contributed by atoms with Crippen LogP contribution in [0.15, 0.2) is 18.3 Å². The first-order valence-electron chi connectivity index (χ1n) is 13.3. The van der Waals surface area contributed by atoms with E-state index in [1.807, 2.05) is 19.9 Å². The van der Waals surface area contributed by atoms with Gasteiger partial charge in [-0.1, -0.05) is 84.1 Å². The molecule has 0 saturated heterocycles. The van der Waals surface area contributed by atoms with E-state index in [1.165, 1.54) is 38.5 Å². The van der Waals surface area contributed by atoms with Crippen molar-refractivity contribution in [1.29, 1.82) is 0 Å². The van der Waals surface area contributed by atoms with Crippen LogP contribution in [0.1, 0.15) is 90.0 Å². The number of rotatable bonds is 10. The molecule has 0 spiro atoms. The van der Waals surface area contributed by atoms with Crippen LogP contribution in [-0.2, 0) is 16.1 Å². The Bertz CT molecular complexity index is 753. The largest absolute Gasteiger partial charge is 0.384 e. The predicted octanol–water partition coefficient (Wildman–Crippen LogP) is 3.95. The van der Waals surface area contributed by atoms with Gasteiger partial charge in [0.15, 0.2) is 0 Å². The molecule has 2 saturated carbocycles. The molecule has 0 unspecified atom stereocenters. The highest BCUT2D eigenvalue weighted by Gasteiger charge is 2.41. The third-order valence-electron chi connectivity index (χ3n) is 7.67. The first kappa shape index (κ1) is 26.5. The fourth-order valence-corrected chi connectivity index (χ4v) is 5.95. The summed E-state index contributed by atoms with van der Waals surface area (Å²) in [6, 6.07) is 2.93. The zero-order valence-electron chi connectivity index (χ0n) is 21.0. The second-order valence-electron chi connectivity index (χ2n) is 10.8. The van der Waals surface area contributed by atoms with Crippen LogP contribution in [0, 0.1) is 23.7 Å². The maximum atomic E-state index is 13.6. The first-order chi connectivity index (χ1) is 16.3. The summed E-state index contributed by atoms with van der Waals surface area (Å²) >= 11 is 0. The average molecular weight is 473 g/mol. The van der Waals surface area contributed by atoms with Crippen molar-refractivity contribution in [3.63, 3.8) is 0 Å². The Hall–Kier alpha value is -2.15. The smallest absolute Gasteiger partial charge is 0.249 e. The van der Waals surface area contributed by atoms with Crippen molar-refractivity contribution in [2.45, 2.75) is 103 Å². The number of nitrogen functional groups attached to an aromatic ring is 1. The zero-order valence-corrected chi connectivity index (χ0v) is 21.0. The molecular weight excluding hydrogens is 428 g/mol. The Balaban J connectivity index is 1.82. The van der Waals surface area contributed by atoms with Crippen molar-refractivity contribution in [3.8, 4) is 0 Å². The highest BCUT2D eigenvalue weighted by Crippen LogP contribution is 2.42. The topological polar surface area (TPSA) is 117 Å². The van der Waals surface area contributed by atoms with Crippen LogP contribution < -0.4 is 16.4 Å². The van der Waals surface area contributed by atoms with Crippen molar-refractivity contribution in [1.82, 2.24) is 15.6 Å². The maximum Gasteiger partial charge on any atom is 0.249 e. The number of amides is 2. The molecule has 5 N–H and O–H groups in total. The van der Waals surface area contributed by atoms with Gasteiger partial charge in [-0.15, -0.1) is 0 Å². The second kappa shape index (κ2) is 13.1. The number of carbonyl (C=O) groups is 2. The van der Waals surface area contributed by atoms with Gasteiger partial charge in [-0.25, -0.2) is 4.98 Å². The molecule has 2 aliphatic rings. The lowest BCUT2D eigenvalue weighted by Gasteiger charge is -2.42. The minimum absolute atomic E-state index is 0.0975. The van der Waals surface area contributed by atoms with Gasteiger partial charge >= 0.3 is 0 Å². The molecule has 0 aromatic carbocycles. The molecule has 34 heavy (non-hydrogen) atoms. The van der Waals surface area contributed by atoms with E-state index in [9.17, 15) is 14.7 Å². The van der Waals surface area contributed by atoms with E-state index in [0.717, 1.165) is 31.2 Å². The van der Waals surface area contributed by atoms with Crippen LogP contribution in [0.5, 0.6) is 0 Å². The van der Waals surface area contributed by atoms with Crippen molar-refractivity contribution in [3.05, 3.63) is 23.9 Å². The van der Waals surface area contributed by atoms with Gasteiger partial charge in [0.2, 0.25) is 11.8 Å². The molecule has 2 fully saturated rings. The number of nitrogens with two attached hydrogens (primary N) is 1. The molecule has 1 heterocycles. The fourth-order valence-electron chi connectivity index (χ4n) is 5.95. The summed E-state index contributed by atoms with van der Waals surface area (Å²) in [5.74, 6) is 0.984. The molecule has 0 bridgehead atoms. The molecule has 190 valence electrons. The van der Waals surface area contributed by atoms with Gasteiger partial charge in [0, 0.05) is 12.7 Å². The van der Waals surface area contributed by atoms with Gasteiger partial charge in [0.05, 0.1) is 0 Å². The van der Waals surface area contributed by atoms with E-state index in [1.54, 1.807) is 12.3 Å². The third-order valence-corrected chi connectivity index (χ3v) is 7.67. The minimum Gasteiger partial charge on any atom is -0.384 e. The van der Waals surface area contributed by atoms with E-state index < -0.39 is 18.1 Å². The van der Waals surface area contributed by atoms with E-state index in [-0.39, 0.29) is 17.7 Å². The van der Waals surface area contributed by atoms with Crippen molar-refractivity contribution in [2.24, 2.45) is 23.7 Å². The normalized spacial score (nSPS) is 19.7. The fraction of sp³-hybridized carbons (Fsp3) is 0.741. The van der Waals surface area contributed by atoms with Gasteiger partial charge in [0.1, 0.15) is 18.0 Å². The molecule has 2 atom stereocenters. The number of aliphatic hydroxyl groups is 1. The lowest BCUT2D eigenvalue weighted by atomic mass is 9.66. The molecule has 1 aromatic rings. The second-order valence-corrected chi connectivity index (χ2v) is 10.8. The van der Waals surface area contributed by atoms with Gasteiger partial charge in [-0.3, -0.25) is 9.59 Å². The number of aliphatic hydroxyl groups excluding tert-OH is 1. The number of anilines is 1. The lowest BCUT2D eigenvalue weighted by Crippen LogP contribution is -2.56. The maximum absolute atomic E-state index is 13.6. The first-order valence-corrected chi connectivity index (χ1v) is 13.3. The lowest BCUT2D eigenvalue weighted by molar-refractivity contribution is -0.137. The van der Waals surface area contributed by atoms with E-state index in [0.29, 0.717) is 30.6 Å². The number of nitrogens with one attached hydrogen (secondary N) is 2. The summed E-state index contributed by atoms with van der Waals surface area (Å²) in [6.07, 6.45) is 12.6. The molecule has 7 heteroatoms. The number of aromatic nitrogens is 1. The molecule has 0 radical (unpaired) electrons. The van der Waals surface area contributed by atoms with Gasteiger partial charge in [0.25, 0.3) is 0 Å². The average Bonchev–Trinajstić information content (AvgIpc) is 2.84. The van der Waals surface area contributed by atoms with Crippen LogP contribution in [0.25, 0.3) is 0 Å². The summed E-state index contributed by atoms with van der Waals surface area (Å²) in [7, 11) is 0.